The van der Waals surface area contributed by atoms with Crippen LogP contribution in [0.3, 0.4) is 0 Å². The molecule has 0 bridgehead atoms. The van der Waals surface area contributed by atoms with Crippen molar-refractivity contribution in [1.29, 1.82) is 0 Å². The van der Waals surface area contributed by atoms with E-state index in [9.17, 15) is 0 Å². The maximum Gasteiger partial charge on any atom is 0.0465 e. The average Bonchev–Trinajstić information content (AvgIpc) is 2.29. The molecule has 1 N–H and O–H groups in total. The topological polar surface area (TPSA) is 15.3 Å². The highest BCUT2D eigenvalue weighted by Gasteiger charge is 2.19. The Labute approximate surface area is 94.7 Å². The normalized spacial score (nSPS) is 21.3. The third-order valence-corrected chi connectivity index (χ3v) is 3.11. The first-order chi connectivity index (χ1) is 7.29. The molecular weight excluding hydrogens is 184 g/mol. The molecule has 88 valence electrons. The molecule has 1 aliphatic rings. The van der Waals surface area contributed by atoms with Gasteiger partial charge in [-0.3, -0.25) is 0 Å². The van der Waals surface area contributed by atoms with Crippen molar-refractivity contribution in [3.63, 3.8) is 0 Å². The van der Waals surface area contributed by atoms with Gasteiger partial charge in [0.1, 0.15) is 0 Å². The molecule has 0 aromatic heterocycles. The zero-order valence-corrected chi connectivity index (χ0v) is 10.4. The Morgan fingerprint density at radius 1 is 1.27 bits per heavy atom. The first-order valence-electron chi connectivity index (χ1n) is 6.46. The number of piperidine rings is 1. The van der Waals surface area contributed by atoms with Crippen LogP contribution in [0.15, 0.2) is 12.3 Å². The lowest BCUT2D eigenvalue weighted by Gasteiger charge is -2.34. The first-order valence-corrected chi connectivity index (χ1v) is 6.46. The Kier molecular flexibility index (Phi) is 5.77. The second-order valence-corrected chi connectivity index (χ2v) is 4.48. The van der Waals surface area contributed by atoms with Crippen molar-refractivity contribution < 1.29 is 0 Å². The van der Waals surface area contributed by atoms with Crippen LogP contribution in [0.5, 0.6) is 0 Å². The van der Waals surface area contributed by atoms with E-state index in [0.29, 0.717) is 6.04 Å². The molecule has 1 unspecified atom stereocenters. The van der Waals surface area contributed by atoms with Gasteiger partial charge in [0.05, 0.1) is 0 Å². The van der Waals surface area contributed by atoms with Gasteiger partial charge in [-0.25, -0.2) is 0 Å². The van der Waals surface area contributed by atoms with Gasteiger partial charge >= 0.3 is 0 Å². The molecule has 0 amide bonds. The molecular formula is C13H26N2. The Hall–Kier alpha value is -0.500. The van der Waals surface area contributed by atoms with E-state index in [4.69, 9.17) is 0 Å². The Morgan fingerprint density at radius 3 is 2.40 bits per heavy atom. The summed E-state index contributed by atoms with van der Waals surface area (Å²) in [6.07, 6.45) is 6.37. The van der Waals surface area contributed by atoms with E-state index in [2.05, 4.69) is 30.6 Å². The van der Waals surface area contributed by atoms with Gasteiger partial charge in [0.15, 0.2) is 0 Å². The zero-order chi connectivity index (χ0) is 11.1. The van der Waals surface area contributed by atoms with Crippen LogP contribution in [-0.4, -0.2) is 30.6 Å². The molecule has 1 aliphatic heterocycles. The van der Waals surface area contributed by atoms with Gasteiger partial charge in [-0.1, -0.05) is 26.8 Å². The van der Waals surface area contributed by atoms with Crippen molar-refractivity contribution in [3.8, 4) is 0 Å². The van der Waals surface area contributed by atoms with Gasteiger partial charge in [-0.2, -0.15) is 0 Å². The molecule has 1 heterocycles. The first kappa shape index (κ1) is 12.6. The molecule has 1 atom stereocenters. The molecule has 1 fully saturated rings. The number of hydrogen-bond acceptors (Lipinski definition) is 2. The monoisotopic (exact) mass is 210 g/mol. The van der Waals surface area contributed by atoms with Crippen LogP contribution in [-0.2, 0) is 0 Å². The number of nitrogens with one attached hydrogen (secondary N) is 1. The summed E-state index contributed by atoms with van der Waals surface area (Å²) in [5.41, 5.74) is 1.32. The predicted octanol–water partition coefficient (Wildman–Crippen LogP) is 2.76. The van der Waals surface area contributed by atoms with Gasteiger partial charge in [0.25, 0.3) is 0 Å². The van der Waals surface area contributed by atoms with Crippen LogP contribution in [0.25, 0.3) is 0 Å². The number of nitrogens with zero attached hydrogens (tertiary/aromatic N) is 1. The second kappa shape index (κ2) is 6.89. The SMILES string of the molecule is C=C(C1CCCCN1)N(CCC)CCC. The zero-order valence-electron chi connectivity index (χ0n) is 10.4. The minimum atomic E-state index is 0.539. The van der Waals surface area contributed by atoms with Gasteiger partial charge in [0, 0.05) is 24.8 Å². The Balaban J connectivity index is 2.45. The van der Waals surface area contributed by atoms with Crippen molar-refractivity contribution in [3.05, 3.63) is 12.3 Å². The third-order valence-electron chi connectivity index (χ3n) is 3.11. The summed E-state index contributed by atoms with van der Waals surface area (Å²) in [6.45, 7) is 12.2. The highest BCUT2D eigenvalue weighted by atomic mass is 15.2. The lowest BCUT2D eigenvalue weighted by atomic mass is 10.0. The van der Waals surface area contributed by atoms with E-state index in [0.717, 1.165) is 19.6 Å². The van der Waals surface area contributed by atoms with Crippen LogP contribution in [0.1, 0.15) is 46.0 Å². The summed E-state index contributed by atoms with van der Waals surface area (Å²) in [7, 11) is 0. The highest BCUT2D eigenvalue weighted by Crippen LogP contribution is 2.17. The standard InChI is InChI=1S/C13H26N2/c1-4-10-15(11-5-2)12(3)13-8-6-7-9-14-13/h13-14H,3-11H2,1-2H3. The fourth-order valence-electron chi connectivity index (χ4n) is 2.30. The molecule has 0 aliphatic carbocycles. The molecule has 2 nitrogen and oxygen atoms in total. The maximum atomic E-state index is 4.28. The Morgan fingerprint density at radius 2 is 1.93 bits per heavy atom. The van der Waals surface area contributed by atoms with Gasteiger partial charge in [-0.15, -0.1) is 0 Å². The van der Waals surface area contributed by atoms with Gasteiger partial charge < -0.3 is 10.2 Å². The summed E-state index contributed by atoms with van der Waals surface area (Å²) in [4.78, 5) is 2.46. The van der Waals surface area contributed by atoms with E-state index < -0.39 is 0 Å². The van der Waals surface area contributed by atoms with Crippen LogP contribution in [0.4, 0.5) is 0 Å². The molecule has 0 aromatic carbocycles. The minimum absolute atomic E-state index is 0.539. The lowest BCUT2D eigenvalue weighted by molar-refractivity contribution is 0.290. The van der Waals surface area contributed by atoms with E-state index in [1.165, 1.54) is 37.8 Å². The van der Waals surface area contributed by atoms with Crippen LogP contribution in [0, 0.1) is 0 Å². The second-order valence-electron chi connectivity index (χ2n) is 4.48. The van der Waals surface area contributed by atoms with Crippen LogP contribution in [0.2, 0.25) is 0 Å². The average molecular weight is 210 g/mol. The molecule has 2 heteroatoms. The van der Waals surface area contributed by atoms with E-state index in [-0.39, 0.29) is 0 Å². The van der Waals surface area contributed by atoms with Gasteiger partial charge in [-0.05, 0) is 32.2 Å². The highest BCUT2D eigenvalue weighted by molar-refractivity contribution is 5.05. The molecule has 15 heavy (non-hydrogen) atoms. The van der Waals surface area contributed by atoms with Crippen molar-refractivity contribution in [2.24, 2.45) is 0 Å². The van der Waals surface area contributed by atoms with Gasteiger partial charge in [0.2, 0.25) is 0 Å². The molecule has 0 spiro atoms. The molecule has 1 saturated heterocycles. The fourth-order valence-corrected chi connectivity index (χ4v) is 2.30. The van der Waals surface area contributed by atoms with E-state index in [1.807, 2.05) is 0 Å². The molecule has 0 radical (unpaired) electrons. The molecule has 0 saturated carbocycles. The summed E-state index contributed by atoms with van der Waals surface area (Å²) in [6, 6.07) is 0.539. The van der Waals surface area contributed by atoms with Crippen molar-refractivity contribution in [2.75, 3.05) is 19.6 Å². The summed E-state index contributed by atoms with van der Waals surface area (Å²) < 4.78 is 0. The minimum Gasteiger partial charge on any atom is -0.374 e. The smallest absolute Gasteiger partial charge is 0.0465 e. The van der Waals surface area contributed by atoms with Crippen LogP contribution < -0.4 is 5.32 Å². The maximum absolute atomic E-state index is 4.28. The largest absolute Gasteiger partial charge is 0.374 e. The van der Waals surface area contributed by atoms with E-state index >= 15 is 0 Å². The quantitative estimate of drug-likeness (QED) is 0.725. The van der Waals surface area contributed by atoms with Crippen molar-refractivity contribution in [1.82, 2.24) is 10.2 Å². The fraction of sp³-hybridized carbons (Fsp3) is 0.846. The lowest BCUT2D eigenvalue weighted by Crippen LogP contribution is -2.41. The van der Waals surface area contributed by atoms with Crippen LogP contribution >= 0.6 is 0 Å². The Bertz CT molecular complexity index is 177. The predicted molar refractivity (Wildman–Crippen MR) is 66.9 cm³/mol. The third kappa shape index (κ3) is 3.86. The molecule has 1 rings (SSSR count). The van der Waals surface area contributed by atoms with Crippen molar-refractivity contribution in [2.45, 2.75) is 52.0 Å². The van der Waals surface area contributed by atoms with Crippen molar-refractivity contribution >= 4 is 0 Å². The molecule has 0 aromatic rings. The number of rotatable bonds is 6. The summed E-state index contributed by atoms with van der Waals surface area (Å²) >= 11 is 0. The summed E-state index contributed by atoms with van der Waals surface area (Å²) in [5, 5.41) is 3.57. The number of hydrogen-bond donors (Lipinski definition) is 1. The summed E-state index contributed by atoms with van der Waals surface area (Å²) in [5.74, 6) is 0. The van der Waals surface area contributed by atoms with E-state index in [1.54, 1.807) is 0 Å².